The fourth-order valence-corrected chi connectivity index (χ4v) is 3.44. The normalized spacial score (nSPS) is 11.0. The highest BCUT2D eigenvalue weighted by molar-refractivity contribution is 6.30. The second-order valence-electron chi connectivity index (χ2n) is 6.81. The van der Waals surface area contributed by atoms with Crippen LogP contribution in [-0.2, 0) is 4.74 Å². The van der Waals surface area contributed by atoms with Gasteiger partial charge in [0.2, 0.25) is 0 Å². The Morgan fingerprint density at radius 2 is 1.80 bits per heavy atom. The van der Waals surface area contributed by atoms with Crippen LogP contribution in [0.4, 0.5) is 0 Å². The molecule has 7 heteroatoms. The summed E-state index contributed by atoms with van der Waals surface area (Å²) in [4.78, 5) is 24.2. The number of hydrogen-bond acceptors (Lipinski definition) is 4. The third-order valence-corrected chi connectivity index (χ3v) is 5.15. The lowest BCUT2D eigenvalue weighted by Gasteiger charge is -2.15. The van der Waals surface area contributed by atoms with Gasteiger partial charge < -0.3 is 9.30 Å². The Labute approximate surface area is 180 Å². The number of aromatic nitrogens is 1. The smallest absolute Gasteiger partial charge is 0.338 e. The summed E-state index contributed by atoms with van der Waals surface area (Å²) in [5, 5.41) is 4.65. The van der Waals surface area contributed by atoms with Crippen molar-refractivity contribution < 1.29 is 14.3 Å². The summed E-state index contributed by atoms with van der Waals surface area (Å²) in [5.41, 5.74) is 7.99. The van der Waals surface area contributed by atoms with Gasteiger partial charge in [0.05, 0.1) is 18.9 Å². The molecule has 0 fully saturated rings. The summed E-state index contributed by atoms with van der Waals surface area (Å²) < 4.78 is 6.92. The van der Waals surface area contributed by atoms with Crippen molar-refractivity contribution in [2.45, 2.75) is 20.8 Å². The maximum atomic E-state index is 12.2. The van der Waals surface area contributed by atoms with Gasteiger partial charge in [0, 0.05) is 33.2 Å². The van der Waals surface area contributed by atoms with Crippen LogP contribution < -0.4 is 5.43 Å². The van der Waals surface area contributed by atoms with E-state index in [2.05, 4.69) is 10.5 Å². The zero-order chi connectivity index (χ0) is 21.8. The molecule has 0 saturated carbocycles. The first kappa shape index (κ1) is 21.3. The molecule has 0 saturated heterocycles. The standard InChI is InChI=1S/C23H22ClN3O3/c1-14-12-18(13-25-26-22(28)17-8-10-19(24)11-9-17)16(3)27(14)21-7-5-6-20(15(21)2)23(29)30-4/h5-13H,1-4H3,(H,26,28)/b25-13-. The molecule has 1 heterocycles. The van der Waals surface area contributed by atoms with Gasteiger partial charge in [0.15, 0.2) is 0 Å². The Morgan fingerprint density at radius 3 is 2.47 bits per heavy atom. The monoisotopic (exact) mass is 423 g/mol. The predicted octanol–water partition coefficient (Wildman–Crippen LogP) is 4.61. The highest BCUT2D eigenvalue weighted by Crippen LogP contribution is 2.25. The molecule has 154 valence electrons. The Kier molecular flexibility index (Phi) is 6.37. The highest BCUT2D eigenvalue weighted by Gasteiger charge is 2.16. The van der Waals surface area contributed by atoms with Crippen molar-refractivity contribution in [2.24, 2.45) is 5.10 Å². The van der Waals surface area contributed by atoms with Crippen molar-refractivity contribution in [3.8, 4) is 5.69 Å². The number of hydrazone groups is 1. The molecule has 30 heavy (non-hydrogen) atoms. The van der Waals surface area contributed by atoms with E-state index >= 15 is 0 Å². The molecule has 6 nitrogen and oxygen atoms in total. The summed E-state index contributed by atoms with van der Waals surface area (Å²) in [5.74, 6) is -0.693. The van der Waals surface area contributed by atoms with Gasteiger partial charge in [-0.05, 0) is 68.8 Å². The first-order valence-electron chi connectivity index (χ1n) is 9.29. The third kappa shape index (κ3) is 4.28. The van der Waals surface area contributed by atoms with Crippen LogP contribution in [0.5, 0.6) is 0 Å². The molecule has 0 radical (unpaired) electrons. The molecule has 1 N–H and O–H groups in total. The van der Waals surface area contributed by atoms with Crippen molar-refractivity contribution >= 4 is 29.7 Å². The average molecular weight is 424 g/mol. The lowest BCUT2D eigenvalue weighted by molar-refractivity contribution is 0.0599. The number of benzene rings is 2. The molecular formula is C23H22ClN3O3. The molecule has 3 rings (SSSR count). The lowest BCUT2D eigenvalue weighted by atomic mass is 10.1. The Bertz CT molecular complexity index is 1130. The first-order chi connectivity index (χ1) is 14.3. The zero-order valence-electron chi connectivity index (χ0n) is 17.2. The molecule has 0 spiro atoms. The van der Waals surface area contributed by atoms with Gasteiger partial charge in [-0.25, -0.2) is 10.2 Å². The van der Waals surface area contributed by atoms with Crippen LogP contribution in [0.15, 0.2) is 53.6 Å². The van der Waals surface area contributed by atoms with Gasteiger partial charge in [-0.3, -0.25) is 4.79 Å². The van der Waals surface area contributed by atoms with E-state index in [4.69, 9.17) is 16.3 Å². The minimum Gasteiger partial charge on any atom is -0.465 e. The Morgan fingerprint density at radius 1 is 1.10 bits per heavy atom. The number of esters is 1. The number of aryl methyl sites for hydroxylation is 1. The topological polar surface area (TPSA) is 72.7 Å². The zero-order valence-corrected chi connectivity index (χ0v) is 17.9. The van der Waals surface area contributed by atoms with E-state index in [1.807, 2.05) is 43.5 Å². The number of amides is 1. The number of nitrogens with one attached hydrogen (secondary N) is 1. The summed E-state index contributed by atoms with van der Waals surface area (Å²) in [6, 6.07) is 14.1. The maximum Gasteiger partial charge on any atom is 0.338 e. The van der Waals surface area contributed by atoms with Gasteiger partial charge in [-0.15, -0.1) is 0 Å². The van der Waals surface area contributed by atoms with Gasteiger partial charge in [0.1, 0.15) is 0 Å². The van der Waals surface area contributed by atoms with Crippen LogP contribution in [0.3, 0.4) is 0 Å². The van der Waals surface area contributed by atoms with Crippen molar-refractivity contribution in [1.82, 2.24) is 9.99 Å². The minimum absolute atomic E-state index is 0.321. The van der Waals surface area contributed by atoms with Crippen LogP contribution in [-0.4, -0.2) is 29.8 Å². The molecule has 0 aliphatic carbocycles. The number of carbonyl (C=O) groups excluding carboxylic acids is 2. The van der Waals surface area contributed by atoms with Crippen LogP contribution in [0.2, 0.25) is 5.02 Å². The van der Waals surface area contributed by atoms with Crippen LogP contribution in [0, 0.1) is 20.8 Å². The average Bonchev–Trinajstić information content (AvgIpc) is 3.01. The molecule has 0 unspecified atom stereocenters. The minimum atomic E-state index is -0.372. The molecular weight excluding hydrogens is 402 g/mol. The fourth-order valence-electron chi connectivity index (χ4n) is 3.31. The van der Waals surface area contributed by atoms with E-state index in [-0.39, 0.29) is 11.9 Å². The van der Waals surface area contributed by atoms with E-state index in [1.165, 1.54) is 7.11 Å². The largest absolute Gasteiger partial charge is 0.465 e. The number of rotatable bonds is 5. The van der Waals surface area contributed by atoms with E-state index in [0.717, 1.165) is 28.2 Å². The molecule has 0 atom stereocenters. The first-order valence-corrected chi connectivity index (χ1v) is 9.67. The van der Waals surface area contributed by atoms with Gasteiger partial charge in [-0.2, -0.15) is 5.10 Å². The van der Waals surface area contributed by atoms with Crippen molar-refractivity contribution in [2.75, 3.05) is 7.11 Å². The number of halogens is 1. The molecule has 0 aliphatic rings. The summed E-state index contributed by atoms with van der Waals surface area (Å²) >= 11 is 5.84. The second kappa shape index (κ2) is 8.97. The fraction of sp³-hybridized carbons (Fsp3) is 0.174. The Hall–Kier alpha value is -3.38. The van der Waals surface area contributed by atoms with E-state index < -0.39 is 0 Å². The summed E-state index contributed by atoms with van der Waals surface area (Å²) in [7, 11) is 1.37. The number of ether oxygens (including phenoxy) is 1. The summed E-state index contributed by atoms with van der Waals surface area (Å²) in [6.45, 7) is 5.82. The van der Waals surface area contributed by atoms with Gasteiger partial charge in [0.25, 0.3) is 5.91 Å². The molecule has 1 aromatic heterocycles. The lowest BCUT2D eigenvalue weighted by Crippen LogP contribution is -2.17. The van der Waals surface area contributed by atoms with E-state index in [9.17, 15) is 9.59 Å². The van der Waals surface area contributed by atoms with Crippen LogP contribution >= 0.6 is 11.6 Å². The number of hydrogen-bond donors (Lipinski definition) is 1. The van der Waals surface area contributed by atoms with E-state index in [0.29, 0.717) is 16.1 Å². The van der Waals surface area contributed by atoms with Crippen molar-refractivity contribution in [3.63, 3.8) is 0 Å². The van der Waals surface area contributed by atoms with E-state index in [1.54, 1.807) is 36.5 Å². The van der Waals surface area contributed by atoms with Crippen LogP contribution in [0.25, 0.3) is 5.69 Å². The Balaban J connectivity index is 1.86. The molecule has 0 aliphatic heterocycles. The second-order valence-corrected chi connectivity index (χ2v) is 7.25. The molecule has 3 aromatic rings. The number of nitrogens with zero attached hydrogens (tertiary/aromatic N) is 2. The SMILES string of the molecule is COC(=O)c1cccc(-n2c(C)cc(/C=N\NC(=O)c3ccc(Cl)cc3)c2C)c1C. The summed E-state index contributed by atoms with van der Waals surface area (Å²) in [6.07, 6.45) is 1.60. The highest BCUT2D eigenvalue weighted by atomic mass is 35.5. The molecule has 1 amide bonds. The van der Waals surface area contributed by atoms with Crippen molar-refractivity contribution in [1.29, 1.82) is 0 Å². The predicted molar refractivity (Wildman–Crippen MR) is 118 cm³/mol. The maximum absolute atomic E-state index is 12.2. The third-order valence-electron chi connectivity index (χ3n) is 4.90. The quantitative estimate of drug-likeness (QED) is 0.370. The molecule has 2 aromatic carbocycles. The van der Waals surface area contributed by atoms with Crippen LogP contribution in [0.1, 0.15) is 43.2 Å². The van der Waals surface area contributed by atoms with Gasteiger partial charge in [-0.1, -0.05) is 17.7 Å². The molecule has 0 bridgehead atoms. The van der Waals surface area contributed by atoms with Gasteiger partial charge >= 0.3 is 5.97 Å². The van der Waals surface area contributed by atoms with Crippen molar-refractivity contribution in [3.05, 3.63) is 87.2 Å². The number of methoxy groups -OCH3 is 1. The number of carbonyl (C=O) groups is 2.